The second-order valence-electron chi connectivity index (χ2n) is 4.07. The molecular formula is C11H12ClN5OS. The zero-order chi connectivity index (χ0) is 13.1. The second kappa shape index (κ2) is 5.85. The molecule has 0 spiro atoms. The molecule has 1 aliphatic heterocycles. The smallest absolute Gasteiger partial charge is 0.255 e. The first-order chi connectivity index (χ1) is 9.31. The zero-order valence-corrected chi connectivity index (χ0v) is 11.6. The van der Waals surface area contributed by atoms with Crippen molar-refractivity contribution in [1.29, 1.82) is 0 Å². The molecular weight excluding hydrogens is 286 g/mol. The van der Waals surface area contributed by atoms with E-state index in [-0.39, 0.29) is 5.28 Å². The second-order valence-corrected chi connectivity index (χ2v) is 5.67. The Hall–Kier alpha value is -1.18. The van der Waals surface area contributed by atoms with Crippen molar-refractivity contribution in [2.75, 3.05) is 13.2 Å². The lowest BCUT2D eigenvalue weighted by molar-refractivity contribution is 0.1000. The van der Waals surface area contributed by atoms with E-state index in [1.54, 1.807) is 28.8 Å². The Kier molecular flexibility index (Phi) is 3.95. The van der Waals surface area contributed by atoms with Crippen LogP contribution in [0.3, 0.4) is 0 Å². The fourth-order valence-corrected chi connectivity index (χ4v) is 3.01. The Bertz CT molecular complexity index is 544. The number of rotatable bonds is 3. The third kappa shape index (κ3) is 3.23. The molecule has 2 aromatic heterocycles. The van der Waals surface area contributed by atoms with Gasteiger partial charge in [-0.3, -0.25) is 0 Å². The van der Waals surface area contributed by atoms with Gasteiger partial charge < -0.3 is 4.74 Å². The van der Waals surface area contributed by atoms with E-state index in [4.69, 9.17) is 16.3 Å². The predicted octanol–water partition coefficient (Wildman–Crippen LogP) is 1.98. The Morgan fingerprint density at radius 3 is 2.84 bits per heavy atom. The summed E-state index contributed by atoms with van der Waals surface area (Å²) in [6.07, 6.45) is 5.45. The van der Waals surface area contributed by atoms with Crippen LogP contribution in [-0.2, 0) is 4.74 Å². The molecule has 8 heteroatoms. The van der Waals surface area contributed by atoms with Crippen molar-refractivity contribution in [2.24, 2.45) is 0 Å². The largest absolute Gasteiger partial charge is 0.381 e. The molecule has 0 aliphatic carbocycles. The lowest BCUT2D eigenvalue weighted by atomic mass is 10.2. The van der Waals surface area contributed by atoms with Crippen molar-refractivity contribution in [3.8, 4) is 5.95 Å². The molecule has 1 aliphatic rings. The molecule has 0 atom stereocenters. The number of thioether (sulfide) groups is 1. The molecule has 3 heterocycles. The minimum atomic E-state index is 0.190. The van der Waals surface area contributed by atoms with E-state index in [1.165, 1.54) is 0 Å². The molecule has 0 radical (unpaired) electrons. The monoisotopic (exact) mass is 297 g/mol. The van der Waals surface area contributed by atoms with Crippen LogP contribution in [0.4, 0.5) is 0 Å². The first-order valence-electron chi connectivity index (χ1n) is 5.97. The molecule has 1 saturated heterocycles. The van der Waals surface area contributed by atoms with E-state index in [0.717, 1.165) is 26.1 Å². The van der Waals surface area contributed by atoms with Crippen LogP contribution >= 0.6 is 23.4 Å². The first kappa shape index (κ1) is 12.8. The highest BCUT2D eigenvalue weighted by Gasteiger charge is 2.18. The van der Waals surface area contributed by atoms with E-state index in [1.807, 2.05) is 6.07 Å². The average Bonchev–Trinajstić information content (AvgIpc) is 2.93. The van der Waals surface area contributed by atoms with E-state index in [2.05, 4.69) is 20.1 Å². The van der Waals surface area contributed by atoms with E-state index < -0.39 is 0 Å². The molecule has 2 aromatic rings. The van der Waals surface area contributed by atoms with Crippen LogP contribution in [0.15, 0.2) is 23.6 Å². The van der Waals surface area contributed by atoms with Gasteiger partial charge in [0.05, 0.1) is 0 Å². The van der Waals surface area contributed by atoms with Gasteiger partial charge in [-0.15, -0.1) is 0 Å². The number of aromatic nitrogens is 5. The Labute approximate surface area is 119 Å². The van der Waals surface area contributed by atoms with Gasteiger partial charge in [-0.2, -0.15) is 20.1 Å². The normalized spacial score (nSPS) is 16.7. The SMILES string of the molecule is Clc1nc(SC2CCOCC2)nc(-n2cccn2)n1. The zero-order valence-electron chi connectivity index (χ0n) is 10.1. The summed E-state index contributed by atoms with van der Waals surface area (Å²) in [5, 5.41) is 5.39. The number of halogens is 1. The van der Waals surface area contributed by atoms with Gasteiger partial charge in [0.1, 0.15) is 0 Å². The Morgan fingerprint density at radius 1 is 1.26 bits per heavy atom. The van der Waals surface area contributed by atoms with Gasteiger partial charge in [0.15, 0.2) is 5.16 Å². The fraction of sp³-hybridized carbons (Fsp3) is 0.455. The van der Waals surface area contributed by atoms with Gasteiger partial charge in [0, 0.05) is 30.9 Å². The summed E-state index contributed by atoms with van der Waals surface area (Å²) in [6.45, 7) is 1.59. The van der Waals surface area contributed by atoms with Gasteiger partial charge in [-0.05, 0) is 30.5 Å². The summed E-state index contributed by atoms with van der Waals surface area (Å²) in [7, 11) is 0. The molecule has 19 heavy (non-hydrogen) atoms. The Morgan fingerprint density at radius 2 is 2.11 bits per heavy atom. The van der Waals surface area contributed by atoms with Gasteiger partial charge in [0.2, 0.25) is 5.28 Å². The van der Waals surface area contributed by atoms with Gasteiger partial charge in [-0.1, -0.05) is 11.8 Å². The third-order valence-corrected chi connectivity index (χ3v) is 4.09. The highest BCUT2D eigenvalue weighted by atomic mass is 35.5. The topological polar surface area (TPSA) is 65.7 Å². The molecule has 0 amide bonds. The highest BCUT2D eigenvalue weighted by molar-refractivity contribution is 7.99. The van der Waals surface area contributed by atoms with E-state index in [9.17, 15) is 0 Å². The number of ether oxygens (including phenoxy) is 1. The lowest BCUT2D eigenvalue weighted by Gasteiger charge is -2.20. The quantitative estimate of drug-likeness (QED) is 0.863. The third-order valence-electron chi connectivity index (χ3n) is 2.73. The molecule has 0 saturated carbocycles. The summed E-state index contributed by atoms with van der Waals surface area (Å²) in [6, 6.07) is 1.81. The minimum absolute atomic E-state index is 0.190. The van der Waals surface area contributed by atoms with Crippen molar-refractivity contribution < 1.29 is 4.74 Å². The van der Waals surface area contributed by atoms with Crippen LogP contribution in [0.25, 0.3) is 5.95 Å². The first-order valence-corrected chi connectivity index (χ1v) is 7.23. The van der Waals surface area contributed by atoms with Crippen molar-refractivity contribution >= 4 is 23.4 Å². The van der Waals surface area contributed by atoms with Crippen molar-refractivity contribution in [2.45, 2.75) is 23.2 Å². The molecule has 1 fully saturated rings. The molecule has 0 N–H and O–H groups in total. The predicted molar refractivity (Wildman–Crippen MR) is 71.7 cm³/mol. The Balaban J connectivity index is 1.81. The van der Waals surface area contributed by atoms with Gasteiger partial charge in [0.25, 0.3) is 5.95 Å². The highest BCUT2D eigenvalue weighted by Crippen LogP contribution is 2.27. The summed E-state index contributed by atoms with van der Waals surface area (Å²) >= 11 is 7.57. The maximum Gasteiger partial charge on any atom is 0.255 e. The van der Waals surface area contributed by atoms with Crippen LogP contribution in [0.1, 0.15) is 12.8 Å². The number of hydrogen-bond acceptors (Lipinski definition) is 6. The molecule has 6 nitrogen and oxygen atoms in total. The van der Waals surface area contributed by atoms with Crippen LogP contribution in [-0.4, -0.2) is 43.2 Å². The molecule has 100 valence electrons. The van der Waals surface area contributed by atoms with E-state index >= 15 is 0 Å². The lowest BCUT2D eigenvalue weighted by Crippen LogP contribution is -2.18. The molecule has 0 aromatic carbocycles. The summed E-state index contributed by atoms with van der Waals surface area (Å²) in [5.74, 6) is 0.444. The number of hydrogen-bond donors (Lipinski definition) is 0. The standard InChI is InChI=1S/C11H12ClN5OS/c12-9-14-10(17-5-1-4-13-17)16-11(15-9)19-8-2-6-18-7-3-8/h1,4-5,8H,2-3,6-7H2. The van der Waals surface area contributed by atoms with Gasteiger partial charge in [-0.25, -0.2) is 4.68 Å². The van der Waals surface area contributed by atoms with E-state index in [0.29, 0.717) is 16.4 Å². The summed E-state index contributed by atoms with van der Waals surface area (Å²) < 4.78 is 6.91. The molecule has 0 unspecified atom stereocenters. The van der Waals surface area contributed by atoms with Crippen LogP contribution in [0.2, 0.25) is 5.28 Å². The number of nitrogens with zero attached hydrogens (tertiary/aromatic N) is 5. The molecule has 3 rings (SSSR count). The average molecular weight is 298 g/mol. The van der Waals surface area contributed by atoms with Crippen LogP contribution < -0.4 is 0 Å². The van der Waals surface area contributed by atoms with Crippen molar-refractivity contribution in [1.82, 2.24) is 24.7 Å². The molecule has 0 bridgehead atoms. The maximum atomic E-state index is 5.94. The summed E-state index contributed by atoms with van der Waals surface area (Å²) in [5.41, 5.74) is 0. The van der Waals surface area contributed by atoms with Crippen LogP contribution in [0, 0.1) is 0 Å². The summed E-state index contributed by atoms with van der Waals surface area (Å²) in [4.78, 5) is 12.6. The van der Waals surface area contributed by atoms with Crippen LogP contribution in [0.5, 0.6) is 0 Å². The fourth-order valence-electron chi connectivity index (χ4n) is 1.81. The maximum absolute atomic E-state index is 5.94. The van der Waals surface area contributed by atoms with Gasteiger partial charge >= 0.3 is 0 Å². The minimum Gasteiger partial charge on any atom is -0.381 e. The van der Waals surface area contributed by atoms with Crippen molar-refractivity contribution in [3.05, 3.63) is 23.7 Å². The van der Waals surface area contributed by atoms with Crippen molar-refractivity contribution in [3.63, 3.8) is 0 Å².